The number of fused-ring (bicyclic) bond motifs is 1. The number of carbonyl (C=O) groups is 2. The number of carbonyl (C=O) groups excluding carboxylic acids is 2. The lowest BCUT2D eigenvalue weighted by Crippen LogP contribution is -2.49. The fraction of sp³-hybridized carbons (Fsp3) is 0.219. The van der Waals surface area contributed by atoms with Crippen LogP contribution in [-0.2, 0) is 11.2 Å². The number of halogens is 2. The number of hydrogen-bond acceptors (Lipinski definition) is 7. The van der Waals surface area contributed by atoms with Crippen LogP contribution in [-0.4, -0.2) is 81.2 Å². The topological polar surface area (TPSA) is 119 Å². The maximum atomic E-state index is 13.4. The Balaban J connectivity index is 1.10. The lowest BCUT2D eigenvalue weighted by molar-refractivity contribution is -0.115. The Bertz CT molecular complexity index is 1790. The first kappa shape index (κ1) is 28.9. The number of piperazine rings is 1. The Hall–Kier alpha value is -5.23. The first-order valence-electron chi connectivity index (χ1n) is 14.2. The van der Waals surface area contributed by atoms with E-state index in [9.17, 15) is 18.4 Å². The Morgan fingerprint density at radius 1 is 0.909 bits per heavy atom. The molecule has 5 aromatic rings. The van der Waals surface area contributed by atoms with Gasteiger partial charge >= 0.3 is 0 Å². The molecule has 0 radical (unpaired) electrons. The Morgan fingerprint density at radius 3 is 2.48 bits per heavy atom. The van der Waals surface area contributed by atoms with E-state index in [1.165, 1.54) is 24.5 Å². The van der Waals surface area contributed by atoms with Crippen molar-refractivity contribution < 1.29 is 18.4 Å². The van der Waals surface area contributed by atoms with Crippen LogP contribution in [0.4, 0.5) is 26.1 Å². The van der Waals surface area contributed by atoms with Crippen molar-refractivity contribution in [1.82, 2.24) is 30.0 Å². The average Bonchev–Trinajstić information content (AvgIpc) is 3.47. The lowest BCUT2D eigenvalue weighted by atomic mass is 10.0. The molecule has 6 rings (SSSR count). The summed E-state index contributed by atoms with van der Waals surface area (Å²) in [6, 6.07) is 20.8. The molecule has 1 saturated heterocycles. The van der Waals surface area contributed by atoms with Crippen LogP contribution < -0.4 is 10.6 Å². The van der Waals surface area contributed by atoms with Crippen molar-refractivity contribution in [1.29, 1.82) is 0 Å². The SMILES string of the molecule is O=C(Cc1cc(Nc2ncnc3cc(-c4ccc(C(=O)N5CCN(CCF)CC5)cc4)ccc23)n[nH]1)Nc1cccc(F)c1. The van der Waals surface area contributed by atoms with E-state index in [2.05, 4.69) is 30.8 Å². The molecule has 0 saturated carbocycles. The Kier molecular flexibility index (Phi) is 8.50. The van der Waals surface area contributed by atoms with Gasteiger partial charge in [0.1, 0.15) is 24.6 Å². The predicted molar refractivity (Wildman–Crippen MR) is 164 cm³/mol. The van der Waals surface area contributed by atoms with Crippen LogP contribution >= 0.6 is 0 Å². The molecule has 44 heavy (non-hydrogen) atoms. The van der Waals surface area contributed by atoms with Crippen LogP contribution in [0.2, 0.25) is 0 Å². The van der Waals surface area contributed by atoms with E-state index >= 15 is 0 Å². The third kappa shape index (κ3) is 6.70. The van der Waals surface area contributed by atoms with Gasteiger partial charge in [0, 0.05) is 61.1 Å². The molecule has 0 spiro atoms. The van der Waals surface area contributed by atoms with Crippen LogP contribution in [0.25, 0.3) is 22.0 Å². The van der Waals surface area contributed by atoms with Gasteiger partial charge in [-0.2, -0.15) is 5.10 Å². The highest BCUT2D eigenvalue weighted by molar-refractivity contribution is 5.96. The van der Waals surface area contributed by atoms with E-state index in [-0.39, 0.29) is 24.9 Å². The van der Waals surface area contributed by atoms with Crippen molar-refractivity contribution in [2.24, 2.45) is 0 Å². The van der Waals surface area contributed by atoms with Gasteiger partial charge in [0.05, 0.1) is 11.9 Å². The van der Waals surface area contributed by atoms with Gasteiger partial charge in [-0.1, -0.05) is 24.3 Å². The third-order valence-electron chi connectivity index (χ3n) is 7.50. The number of alkyl halides is 1. The van der Waals surface area contributed by atoms with E-state index in [0.717, 1.165) is 22.0 Å². The summed E-state index contributed by atoms with van der Waals surface area (Å²) in [7, 11) is 0. The summed E-state index contributed by atoms with van der Waals surface area (Å²) in [4.78, 5) is 38.0. The molecule has 0 atom stereocenters. The van der Waals surface area contributed by atoms with Gasteiger partial charge in [0.2, 0.25) is 5.91 Å². The summed E-state index contributed by atoms with van der Waals surface area (Å²) in [5.41, 5.74) is 4.17. The fourth-order valence-electron chi connectivity index (χ4n) is 5.20. The summed E-state index contributed by atoms with van der Waals surface area (Å²) in [5.74, 6) is 0.273. The van der Waals surface area contributed by atoms with Crippen LogP contribution in [0.3, 0.4) is 0 Å². The van der Waals surface area contributed by atoms with E-state index in [1.807, 2.05) is 52.3 Å². The smallest absolute Gasteiger partial charge is 0.253 e. The molecule has 1 aliphatic rings. The summed E-state index contributed by atoms with van der Waals surface area (Å²) in [6.07, 6.45) is 1.49. The summed E-state index contributed by atoms with van der Waals surface area (Å²) in [6.45, 7) is 2.58. The Labute approximate surface area is 252 Å². The molecule has 3 N–H and O–H groups in total. The molecule has 12 heteroatoms. The highest BCUT2D eigenvalue weighted by atomic mass is 19.1. The summed E-state index contributed by atoms with van der Waals surface area (Å²) in [5, 5.41) is 13.7. The second kappa shape index (κ2) is 13.0. The van der Waals surface area contributed by atoms with Crippen molar-refractivity contribution in [2.75, 3.05) is 50.0 Å². The minimum absolute atomic E-state index is 0.0212. The van der Waals surface area contributed by atoms with Gasteiger partial charge in [0.15, 0.2) is 5.82 Å². The second-order valence-corrected chi connectivity index (χ2v) is 10.5. The van der Waals surface area contributed by atoms with Crippen LogP contribution in [0.1, 0.15) is 16.1 Å². The van der Waals surface area contributed by atoms with Gasteiger partial charge < -0.3 is 15.5 Å². The fourth-order valence-corrected chi connectivity index (χ4v) is 5.20. The van der Waals surface area contributed by atoms with Gasteiger partial charge in [-0.05, 0) is 53.6 Å². The molecule has 10 nitrogen and oxygen atoms in total. The Morgan fingerprint density at radius 2 is 1.70 bits per heavy atom. The number of hydrogen-bond donors (Lipinski definition) is 3. The number of aromatic amines is 1. The van der Waals surface area contributed by atoms with Crippen molar-refractivity contribution in [3.05, 3.63) is 96.2 Å². The van der Waals surface area contributed by atoms with Gasteiger partial charge in [0.25, 0.3) is 5.91 Å². The van der Waals surface area contributed by atoms with E-state index in [1.54, 1.807) is 12.1 Å². The minimum atomic E-state index is -0.428. The zero-order chi connectivity index (χ0) is 30.5. The van der Waals surface area contributed by atoms with Crippen molar-refractivity contribution in [3.63, 3.8) is 0 Å². The molecule has 1 aliphatic heterocycles. The molecule has 3 heterocycles. The standard InChI is InChI=1S/C32H30F2N8O2/c33-10-11-41-12-14-42(15-13-41)32(44)22-6-4-21(5-7-22)23-8-9-27-28(16-23)35-20-36-31(27)38-29-18-26(39-40-29)19-30(43)37-25-3-1-2-24(34)17-25/h1-9,16-18,20H,10-15,19H2,(H,37,43)(H2,35,36,38,39,40). The molecule has 224 valence electrons. The number of nitrogens with zero attached hydrogens (tertiary/aromatic N) is 5. The molecule has 0 aliphatic carbocycles. The van der Waals surface area contributed by atoms with Gasteiger partial charge in [-0.3, -0.25) is 19.6 Å². The van der Waals surface area contributed by atoms with Gasteiger partial charge in [-0.15, -0.1) is 0 Å². The van der Waals surface area contributed by atoms with E-state index < -0.39 is 5.82 Å². The number of nitrogens with one attached hydrogen (secondary N) is 3. The third-order valence-corrected chi connectivity index (χ3v) is 7.50. The molecular weight excluding hydrogens is 566 g/mol. The maximum Gasteiger partial charge on any atom is 0.253 e. The molecule has 1 fully saturated rings. The largest absolute Gasteiger partial charge is 0.336 e. The highest BCUT2D eigenvalue weighted by Crippen LogP contribution is 2.28. The second-order valence-electron chi connectivity index (χ2n) is 10.5. The summed E-state index contributed by atoms with van der Waals surface area (Å²) < 4.78 is 26.0. The normalized spacial score (nSPS) is 13.6. The number of aromatic nitrogens is 4. The number of anilines is 3. The van der Waals surface area contributed by atoms with E-state index in [4.69, 9.17) is 0 Å². The van der Waals surface area contributed by atoms with Crippen molar-refractivity contribution >= 4 is 40.0 Å². The van der Waals surface area contributed by atoms with Crippen LogP contribution in [0.5, 0.6) is 0 Å². The highest BCUT2D eigenvalue weighted by Gasteiger charge is 2.22. The lowest BCUT2D eigenvalue weighted by Gasteiger charge is -2.34. The number of benzene rings is 3. The zero-order valence-corrected chi connectivity index (χ0v) is 23.8. The minimum Gasteiger partial charge on any atom is -0.336 e. The first-order chi connectivity index (χ1) is 21.4. The van der Waals surface area contributed by atoms with Crippen LogP contribution in [0, 0.1) is 5.82 Å². The maximum absolute atomic E-state index is 13.4. The number of amides is 2. The molecular formula is C32H30F2N8O2. The monoisotopic (exact) mass is 596 g/mol. The van der Waals surface area contributed by atoms with Gasteiger partial charge in [-0.25, -0.2) is 18.7 Å². The molecule has 3 aromatic carbocycles. The van der Waals surface area contributed by atoms with Crippen LogP contribution in [0.15, 0.2) is 79.1 Å². The number of rotatable bonds is 9. The molecule has 0 unspecified atom stereocenters. The van der Waals surface area contributed by atoms with Crippen molar-refractivity contribution in [3.8, 4) is 11.1 Å². The number of H-pyrrole nitrogens is 1. The molecule has 2 aromatic heterocycles. The predicted octanol–water partition coefficient (Wildman–Crippen LogP) is 4.81. The zero-order valence-electron chi connectivity index (χ0n) is 23.8. The molecule has 0 bridgehead atoms. The van der Waals surface area contributed by atoms with Crippen molar-refractivity contribution in [2.45, 2.75) is 6.42 Å². The first-order valence-corrected chi connectivity index (χ1v) is 14.2. The quantitative estimate of drug-likeness (QED) is 0.223. The average molecular weight is 597 g/mol. The molecule has 2 amide bonds. The summed E-state index contributed by atoms with van der Waals surface area (Å²) >= 11 is 0. The van der Waals surface area contributed by atoms with E-state index in [0.29, 0.717) is 61.3 Å².